The van der Waals surface area contributed by atoms with Gasteiger partial charge in [0.1, 0.15) is 16.9 Å². The minimum Gasteiger partial charge on any atom is -0.459 e. The predicted molar refractivity (Wildman–Crippen MR) is 130 cm³/mol. The lowest BCUT2D eigenvalue weighted by atomic mass is 10.0. The van der Waals surface area contributed by atoms with Gasteiger partial charge in [-0.15, -0.1) is 0 Å². The van der Waals surface area contributed by atoms with Crippen LogP contribution in [0.5, 0.6) is 0 Å². The lowest BCUT2D eigenvalue weighted by molar-refractivity contribution is -0.157. The molecule has 33 heavy (non-hydrogen) atoms. The summed E-state index contributed by atoms with van der Waals surface area (Å²) in [4.78, 5) is 13.4. The Labute approximate surface area is 197 Å². The summed E-state index contributed by atoms with van der Waals surface area (Å²) in [6, 6.07) is 16.9. The van der Waals surface area contributed by atoms with Crippen molar-refractivity contribution in [2.45, 2.75) is 70.8 Å². The third-order valence-corrected chi connectivity index (χ3v) is 8.40. The number of ether oxygens (including phenoxy) is 1. The molecule has 0 amide bonds. The van der Waals surface area contributed by atoms with Crippen molar-refractivity contribution < 1.29 is 23.1 Å². The van der Waals surface area contributed by atoms with Crippen molar-refractivity contribution in [2.24, 2.45) is 0 Å². The lowest BCUT2D eigenvalue weighted by Crippen LogP contribution is -2.52. The van der Waals surface area contributed by atoms with E-state index in [-0.39, 0.29) is 13.2 Å². The summed E-state index contributed by atoms with van der Waals surface area (Å²) in [7, 11) is -3.70. The maximum absolute atomic E-state index is 14.3. The van der Waals surface area contributed by atoms with Crippen LogP contribution in [0.3, 0.4) is 0 Å². The second-order valence-corrected chi connectivity index (χ2v) is 11.5. The number of esters is 1. The average molecular weight is 474 g/mol. The van der Waals surface area contributed by atoms with Gasteiger partial charge in [-0.05, 0) is 70.6 Å². The molecule has 0 saturated carbocycles. The van der Waals surface area contributed by atoms with Gasteiger partial charge in [0, 0.05) is 0 Å². The topological polar surface area (TPSA) is 73.9 Å². The van der Waals surface area contributed by atoms with Gasteiger partial charge in [-0.1, -0.05) is 54.6 Å². The zero-order valence-electron chi connectivity index (χ0n) is 20.3. The van der Waals surface area contributed by atoms with E-state index in [2.05, 4.69) is 5.32 Å². The van der Waals surface area contributed by atoms with Gasteiger partial charge < -0.3 is 13.8 Å². The zero-order chi connectivity index (χ0) is 24.1. The van der Waals surface area contributed by atoms with E-state index in [1.165, 1.54) is 0 Å². The zero-order valence-corrected chi connectivity index (χ0v) is 21.2. The lowest BCUT2D eigenvalue weighted by Gasteiger charge is -2.40. The van der Waals surface area contributed by atoms with E-state index in [1.807, 2.05) is 75.4 Å². The number of rotatable bonds is 10. The average Bonchev–Trinajstić information content (AvgIpc) is 3.13. The van der Waals surface area contributed by atoms with Crippen LogP contribution >= 0.6 is 7.60 Å². The Bertz CT molecular complexity index is 978. The number of nitrogens with one attached hydrogen (secondary N) is 1. The first-order chi connectivity index (χ1) is 15.6. The minimum absolute atomic E-state index is 0.235. The number of carbonyl (C=O) groups is 1. The van der Waals surface area contributed by atoms with Crippen LogP contribution in [0.1, 0.15) is 57.7 Å². The van der Waals surface area contributed by atoms with Gasteiger partial charge in [-0.25, -0.2) is 0 Å². The molecular formula is C26H36NO5P. The molecule has 0 bridgehead atoms. The quantitative estimate of drug-likeness (QED) is 0.358. The van der Waals surface area contributed by atoms with Crippen LogP contribution in [0.4, 0.5) is 0 Å². The summed E-state index contributed by atoms with van der Waals surface area (Å²) in [5.41, 5.74) is 2.26. The van der Waals surface area contributed by atoms with Crippen molar-refractivity contribution >= 4 is 13.6 Å². The normalized spacial score (nSPS) is 19.2. The van der Waals surface area contributed by atoms with Crippen molar-refractivity contribution in [2.75, 3.05) is 13.2 Å². The van der Waals surface area contributed by atoms with Gasteiger partial charge in [-0.2, -0.15) is 0 Å². The molecule has 1 aliphatic carbocycles. The molecule has 0 saturated heterocycles. The van der Waals surface area contributed by atoms with E-state index in [0.717, 1.165) is 16.7 Å². The van der Waals surface area contributed by atoms with Crippen molar-refractivity contribution in [3.8, 4) is 0 Å². The van der Waals surface area contributed by atoms with Crippen LogP contribution in [0, 0.1) is 0 Å². The molecule has 0 heterocycles. The molecule has 7 heteroatoms. The van der Waals surface area contributed by atoms with Crippen molar-refractivity contribution in [3.63, 3.8) is 0 Å². The summed E-state index contributed by atoms with van der Waals surface area (Å²) in [5.74, 6) is -0.394. The molecule has 0 aromatic heterocycles. The monoisotopic (exact) mass is 473 g/mol. The third-order valence-electron chi connectivity index (χ3n) is 5.67. The van der Waals surface area contributed by atoms with Crippen LogP contribution in [0.2, 0.25) is 0 Å². The molecule has 3 rings (SSSR count). The predicted octanol–water partition coefficient (Wildman–Crippen LogP) is 5.59. The van der Waals surface area contributed by atoms with E-state index in [0.29, 0.717) is 19.3 Å². The molecule has 1 N–H and O–H groups in total. The standard InChI is InChI=1S/C26H36NO5P/c1-6-30-33(29,31-7-2)26(18-17-21-15-11-12-16-22(21)26)27-23(24(28)32-25(3,4)5)19-20-13-9-8-10-14-20/h8-16,23,27H,6-7,17-19H2,1-5H3. The van der Waals surface area contributed by atoms with E-state index < -0.39 is 30.5 Å². The first kappa shape index (κ1) is 25.6. The smallest absolute Gasteiger partial charge is 0.355 e. The van der Waals surface area contributed by atoms with E-state index in [4.69, 9.17) is 13.8 Å². The maximum atomic E-state index is 14.3. The molecule has 2 aromatic carbocycles. The highest BCUT2D eigenvalue weighted by molar-refractivity contribution is 7.55. The summed E-state index contributed by atoms with van der Waals surface area (Å²) < 4.78 is 31.8. The molecule has 0 aliphatic heterocycles. The molecule has 0 radical (unpaired) electrons. The molecule has 1 aliphatic rings. The fourth-order valence-corrected chi connectivity index (χ4v) is 6.82. The Morgan fingerprint density at radius 1 is 1.03 bits per heavy atom. The highest BCUT2D eigenvalue weighted by Gasteiger charge is 2.57. The number of benzene rings is 2. The van der Waals surface area contributed by atoms with Crippen LogP contribution in [0.15, 0.2) is 54.6 Å². The fourth-order valence-electron chi connectivity index (χ4n) is 4.41. The van der Waals surface area contributed by atoms with Crippen LogP contribution in [-0.2, 0) is 41.3 Å². The second kappa shape index (κ2) is 10.5. The van der Waals surface area contributed by atoms with E-state index in [1.54, 1.807) is 13.8 Å². The highest BCUT2D eigenvalue weighted by atomic mass is 31.2. The van der Waals surface area contributed by atoms with E-state index in [9.17, 15) is 9.36 Å². The fraction of sp³-hybridized carbons (Fsp3) is 0.500. The number of aryl methyl sites for hydroxylation is 1. The Balaban J connectivity index is 2.09. The number of fused-ring (bicyclic) bond motifs is 1. The summed E-state index contributed by atoms with van der Waals surface area (Å²) in [6.07, 6.45) is 1.59. The molecule has 0 fully saturated rings. The summed E-state index contributed by atoms with van der Waals surface area (Å²) >= 11 is 0. The molecule has 2 unspecified atom stereocenters. The second-order valence-electron chi connectivity index (χ2n) is 9.27. The Morgan fingerprint density at radius 2 is 1.64 bits per heavy atom. The molecule has 2 aromatic rings. The van der Waals surface area contributed by atoms with Crippen molar-refractivity contribution in [1.82, 2.24) is 5.32 Å². The van der Waals surface area contributed by atoms with Gasteiger partial charge in [0.15, 0.2) is 0 Å². The summed E-state index contributed by atoms with van der Waals surface area (Å²) in [5, 5.41) is 2.33. The minimum atomic E-state index is -3.70. The van der Waals surface area contributed by atoms with Gasteiger partial charge in [0.05, 0.1) is 13.2 Å². The third kappa shape index (κ3) is 5.75. The SMILES string of the molecule is CCOP(=O)(OCC)C1(NC(Cc2ccccc2)C(=O)OC(C)(C)C)CCc2ccccc21. The Hall–Kier alpha value is -1.98. The maximum Gasteiger partial charge on any atom is 0.355 e. The van der Waals surface area contributed by atoms with Gasteiger partial charge in [0.2, 0.25) is 0 Å². The summed E-state index contributed by atoms with van der Waals surface area (Å²) in [6.45, 7) is 9.60. The molecule has 180 valence electrons. The van der Waals surface area contributed by atoms with Crippen molar-refractivity contribution in [1.29, 1.82) is 0 Å². The number of hydrogen-bond donors (Lipinski definition) is 1. The largest absolute Gasteiger partial charge is 0.459 e. The molecule has 0 spiro atoms. The van der Waals surface area contributed by atoms with Crippen LogP contribution in [0.25, 0.3) is 0 Å². The first-order valence-electron chi connectivity index (χ1n) is 11.7. The van der Waals surface area contributed by atoms with Crippen molar-refractivity contribution in [3.05, 3.63) is 71.3 Å². The number of carbonyl (C=O) groups excluding carboxylic acids is 1. The van der Waals surface area contributed by atoms with Gasteiger partial charge in [-0.3, -0.25) is 14.7 Å². The molecule has 6 nitrogen and oxygen atoms in total. The van der Waals surface area contributed by atoms with Crippen LogP contribution in [-0.4, -0.2) is 30.8 Å². The van der Waals surface area contributed by atoms with Gasteiger partial charge in [0.25, 0.3) is 0 Å². The first-order valence-corrected chi connectivity index (χ1v) is 13.2. The highest BCUT2D eigenvalue weighted by Crippen LogP contribution is 2.68. The van der Waals surface area contributed by atoms with E-state index >= 15 is 0 Å². The number of hydrogen-bond acceptors (Lipinski definition) is 6. The van der Waals surface area contributed by atoms with Crippen LogP contribution < -0.4 is 5.32 Å². The molecule has 2 atom stereocenters. The Morgan fingerprint density at radius 3 is 2.24 bits per heavy atom. The van der Waals surface area contributed by atoms with Gasteiger partial charge >= 0.3 is 13.6 Å². The molecular weight excluding hydrogens is 437 g/mol. The Kier molecular flexibility index (Phi) is 8.17.